The second kappa shape index (κ2) is 13.8. The van der Waals surface area contributed by atoms with Gasteiger partial charge in [0.1, 0.15) is 17.6 Å². The summed E-state index contributed by atoms with van der Waals surface area (Å²) >= 11 is 0. The molecule has 0 saturated heterocycles. The van der Waals surface area contributed by atoms with Gasteiger partial charge in [0.2, 0.25) is 5.75 Å². The van der Waals surface area contributed by atoms with E-state index < -0.39 is 35.7 Å². The normalized spacial score (nSPS) is 12.3. The van der Waals surface area contributed by atoms with Crippen LogP contribution in [-0.2, 0) is 14.3 Å². The van der Waals surface area contributed by atoms with Crippen molar-refractivity contribution < 1.29 is 38.1 Å². The molecule has 3 rings (SSSR count). The Morgan fingerprint density at radius 1 is 0.805 bits per heavy atom. The number of methoxy groups -OCH3 is 3. The first-order valence-electron chi connectivity index (χ1n) is 13.2. The first kappa shape index (κ1) is 31.1. The summed E-state index contributed by atoms with van der Waals surface area (Å²) in [7, 11) is 4.59. The fourth-order valence-corrected chi connectivity index (χ4v) is 4.68. The number of ketones is 1. The first-order valence-corrected chi connectivity index (χ1v) is 13.2. The van der Waals surface area contributed by atoms with Crippen molar-refractivity contribution in [2.24, 2.45) is 5.92 Å². The highest BCUT2D eigenvalue weighted by Crippen LogP contribution is 2.41. The van der Waals surface area contributed by atoms with Gasteiger partial charge in [0, 0.05) is 36.7 Å². The zero-order valence-electron chi connectivity index (χ0n) is 24.8. The maximum absolute atomic E-state index is 13.3. The molecule has 0 spiro atoms. The Bertz CT molecular complexity index is 1360. The summed E-state index contributed by atoms with van der Waals surface area (Å²) in [6.07, 6.45) is 0.505. The monoisotopic (exact) mass is 563 g/mol. The van der Waals surface area contributed by atoms with E-state index in [1.807, 2.05) is 50.2 Å². The molecular formula is C32H37NO8. The van der Waals surface area contributed by atoms with E-state index >= 15 is 0 Å². The average Bonchev–Trinajstić information content (AvgIpc) is 2.94. The number of carbonyl (C=O) groups is 3. The SMILES string of the molecule is COc1cc(C)ccc1C(c1ccc(C)cc1OC)[C@H](C)OC(=O)[C@H](C)CC(=O)c1nccc(OC)c1OC(C)=O. The molecule has 0 radical (unpaired) electrons. The van der Waals surface area contributed by atoms with E-state index in [9.17, 15) is 14.4 Å². The van der Waals surface area contributed by atoms with Gasteiger partial charge in [-0.05, 0) is 44.0 Å². The lowest BCUT2D eigenvalue weighted by Crippen LogP contribution is -2.28. The molecule has 0 aliphatic rings. The number of carbonyl (C=O) groups excluding carboxylic acids is 3. The fraction of sp³-hybridized carbons (Fsp3) is 0.375. The molecule has 0 saturated carbocycles. The third-order valence-electron chi connectivity index (χ3n) is 6.71. The van der Waals surface area contributed by atoms with Crippen molar-refractivity contribution in [2.45, 2.75) is 53.1 Å². The number of esters is 2. The molecule has 2 aromatic carbocycles. The molecular weight excluding hydrogens is 526 g/mol. The lowest BCUT2D eigenvalue weighted by atomic mass is 9.85. The number of benzene rings is 2. The van der Waals surface area contributed by atoms with Gasteiger partial charge in [-0.1, -0.05) is 31.2 Å². The maximum Gasteiger partial charge on any atom is 0.309 e. The van der Waals surface area contributed by atoms with E-state index in [1.165, 1.54) is 26.3 Å². The number of pyridine rings is 1. The summed E-state index contributed by atoms with van der Waals surface area (Å²) in [6, 6.07) is 13.2. The predicted octanol–water partition coefficient (Wildman–Crippen LogP) is 5.62. The van der Waals surface area contributed by atoms with Crippen LogP contribution in [0.15, 0.2) is 48.7 Å². The summed E-state index contributed by atoms with van der Waals surface area (Å²) in [5.41, 5.74) is 3.61. The van der Waals surface area contributed by atoms with Crippen LogP contribution in [0.2, 0.25) is 0 Å². The van der Waals surface area contributed by atoms with Crippen molar-refractivity contribution in [2.75, 3.05) is 21.3 Å². The number of aromatic nitrogens is 1. The quantitative estimate of drug-likeness (QED) is 0.205. The minimum Gasteiger partial charge on any atom is -0.496 e. The predicted molar refractivity (Wildman–Crippen MR) is 153 cm³/mol. The Morgan fingerprint density at radius 2 is 1.34 bits per heavy atom. The molecule has 0 unspecified atom stereocenters. The largest absolute Gasteiger partial charge is 0.496 e. The first-order chi connectivity index (χ1) is 19.5. The summed E-state index contributed by atoms with van der Waals surface area (Å²) in [6.45, 7) is 8.56. The van der Waals surface area contributed by atoms with Crippen LogP contribution in [0.4, 0.5) is 0 Å². The number of Topliss-reactive ketones (excluding diaryl/α,β-unsaturated/α-hetero) is 1. The zero-order valence-corrected chi connectivity index (χ0v) is 24.8. The van der Waals surface area contributed by atoms with Crippen LogP contribution in [-0.4, -0.2) is 50.1 Å². The number of ether oxygens (including phenoxy) is 5. The van der Waals surface area contributed by atoms with Crippen LogP contribution in [0.25, 0.3) is 0 Å². The van der Waals surface area contributed by atoms with Crippen molar-refractivity contribution in [3.63, 3.8) is 0 Å². The lowest BCUT2D eigenvalue weighted by Gasteiger charge is -2.29. The van der Waals surface area contributed by atoms with Crippen molar-refractivity contribution >= 4 is 17.7 Å². The van der Waals surface area contributed by atoms with Crippen molar-refractivity contribution in [3.8, 4) is 23.0 Å². The third-order valence-corrected chi connectivity index (χ3v) is 6.71. The molecule has 2 atom stereocenters. The molecule has 0 bridgehead atoms. The molecule has 9 nitrogen and oxygen atoms in total. The smallest absolute Gasteiger partial charge is 0.309 e. The van der Waals surface area contributed by atoms with Crippen molar-refractivity contribution in [1.82, 2.24) is 4.98 Å². The molecule has 3 aromatic rings. The molecule has 0 amide bonds. The lowest BCUT2D eigenvalue weighted by molar-refractivity contribution is -0.153. The van der Waals surface area contributed by atoms with Crippen LogP contribution in [0.5, 0.6) is 23.0 Å². The van der Waals surface area contributed by atoms with E-state index in [0.29, 0.717) is 11.5 Å². The molecule has 1 aromatic heterocycles. The highest BCUT2D eigenvalue weighted by molar-refractivity contribution is 6.00. The van der Waals surface area contributed by atoms with Crippen LogP contribution in [0.1, 0.15) is 65.9 Å². The van der Waals surface area contributed by atoms with E-state index in [1.54, 1.807) is 28.1 Å². The number of rotatable bonds is 12. The van der Waals surface area contributed by atoms with Gasteiger partial charge in [-0.2, -0.15) is 0 Å². The Kier molecular flexibility index (Phi) is 10.5. The Labute approximate surface area is 240 Å². The number of hydrogen-bond donors (Lipinski definition) is 0. The van der Waals surface area contributed by atoms with Gasteiger partial charge in [0.15, 0.2) is 17.2 Å². The summed E-state index contributed by atoms with van der Waals surface area (Å²) < 4.78 is 27.8. The molecule has 0 fully saturated rings. The number of nitrogens with zero attached hydrogens (tertiary/aromatic N) is 1. The summed E-state index contributed by atoms with van der Waals surface area (Å²) in [4.78, 5) is 42.2. The highest BCUT2D eigenvalue weighted by Gasteiger charge is 2.32. The van der Waals surface area contributed by atoms with Gasteiger partial charge < -0.3 is 23.7 Å². The Hall–Kier alpha value is -4.40. The van der Waals surface area contributed by atoms with Gasteiger partial charge in [-0.15, -0.1) is 0 Å². The molecule has 41 heavy (non-hydrogen) atoms. The van der Waals surface area contributed by atoms with E-state index in [-0.39, 0.29) is 23.6 Å². The van der Waals surface area contributed by atoms with Crippen molar-refractivity contribution in [1.29, 1.82) is 0 Å². The van der Waals surface area contributed by atoms with Crippen LogP contribution < -0.4 is 18.9 Å². The highest BCUT2D eigenvalue weighted by atomic mass is 16.6. The topological polar surface area (TPSA) is 110 Å². The van der Waals surface area contributed by atoms with E-state index in [0.717, 1.165) is 22.3 Å². The molecule has 1 heterocycles. The van der Waals surface area contributed by atoms with Gasteiger partial charge in [0.05, 0.1) is 33.2 Å². The standard InChI is InChI=1S/C32H37NO8/c1-18-9-11-23(27(15-18)38-7)29(24-12-10-19(2)16-28(24)39-8)21(4)40-32(36)20(3)17-25(35)30-31(41-22(5)34)26(37-6)13-14-33-30/h9-16,20-21,29H,17H2,1-8H3/t20-,21+/m1/s1. The Morgan fingerprint density at radius 3 is 1.83 bits per heavy atom. The van der Waals surface area contributed by atoms with E-state index in [2.05, 4.69) is 4.98 Å². The van der Waals surface area contributed by atoms with Crippen LogP contribution in [0, 0.1) is 19.8 Å². The van der Waals surface area contributed by atoms with Crippen LogP contribution in [0.3, 0.4) is 0 Å². The minimum atomic E-state index is -0.816. The second-order valence-corrected chi connectivity index (χ2v) is 9.92. The van der Waals surface area contributed by atoms with Crippen LogP contribution >= 0.6 is 0 Å². The second-order valence-electron chi connectivity index (χ2n) is 9.92. The molecule has 9 heteroatoms. The molecule has 0 N–H and O–H groups in total. The molecule has 0 aliphatic carbocycles. The van der Waals surface area contributed by atoms with Gasteiger partial charge in [0.25, 0.3) is 0 Å². The molecule has 218 valence electrons. The fourth-order valence-electron chi connectivity index (χ4n) is 4.68. The average molecular weight is 564 g/mol. The van der Waals surface area contributed by atoms with Crippen molar-refractivity contribution in [3.05, 3.63) is 76.6 Å². The number of aryl methyl sites for hydroxylation is 2. The minimum absolute atomic E-state index is 0.0839. The van der Waals surface area contributed by atoms with E-state index in [4.69, 9.17) is 23.7 Å². The third kappa shape index (κ3) is 7.42. The number of hydrogen-bond acceptors (Lipinski definition) is 9. The summed E-state index contributed by atoms with van der Waals surface area (Å²) in [5.74, 6) is -1.51. The van der Waals surface area contributed by atoms with Gasteiger partial charge >= 0.3 is 11.9 Å². The summed E-state index contributed by atoms with van der Waals surface area (Å²) in [5, 5.41) is 0. The zero-order chi connectivity index (χ0) is 30.3. The maximum atomic E-state index is 13.3. The van der Waals surface area contributed by atoms with Gasteiger partial charge in [-0.25, -0.2) is 4.98 Å². The van der Waals surface area contributed by atoms with Gasteiger partial charge in [-0.3, -0.25) is 14.4 Å². The Balaban J connectivity index is 1.90. The molecule has 0 aliphatic heterocycles.